The molecule has 78 valence electrons. The van der Waals surface area contributed by atoms with Crippen molar-refractivity contribution in [1.29, 1.82) is 0 Å². The number of primary amides is 1. The number of amides is 1. The highest BCUT2D eigenvalue weighted by molar-refractivity contribution is 6.05. The maximum Gasteiger partial charge on any atom is 0.250 e. The van der Waals surface area contributed by atoms with E-state index in [1.165, 1.54) is 0 Å². The van der Waals surface area contributed by atoms with Crippen LogP contribution in [0.4, 0.5) is 0 Å². The maximum atomic E-state index is 11.2. The van der Waals surface area contributed by atoms with Gasteiger partial charge in [-0.25, -0.2) is 0 Å². The fourth-order valence-corrected chi connectivity index (χ4v) is 1.74. The van der Waals surface area contributed by atoms with E-state index in [1.54, 1.807) is 12.3 Å². The highest BCUT2D eigenvalue weighted by atomic mass is 16.1. The van der Waals surface area contributed by atoms with Gasteiger partial charge in [0.05, 0.1) is 11.1 Å². The van der Waals surface area contributed by atoms with Crippen LogP contribution in [0.2, 0.25) is 0 Å². The molecule has 0 aliphatic carbocycles. The Hall–Kier alpha value is -1.81. The molecule has 0 saturated heterocycles. The van der Waals surface area contributed by atoms with Gasteiger partial charge in [0, 0.05) is 11.6 Å². The number of benzene rings is 1. The minimum Gasteiger partial charge on any atom is -0.366 e. The Bertz CT molecular complexity index is 502. The number of fused-ring (bicyclic) bond motifs is 1. The SMILES string of the molecule is NCCc1cc(C(N)=O)c2[nH]ccc2c1. The Morgan fingerprint density at radius 2 is 2.20 bits per heavy atom. The second-order valence-electron chi connectivity index (χ2n) is 3.49. The molecule has 0 unspecified atom stereocenters. The van der Waals surface area contributed by atoms with E-state index < -0.39 is 5.91 Å². The van der Waals surface area contributed by atoms with Crippen LogP contribution in [0.25, 0.3) is 10.9 Å². The Balaban J connectivity index is 2.63. The zero-order valence-corrected chi connectivity index (χ0v) is 8.29. The van der Waals surface area contributed by atoms with Crippen molar-refractivity contribution < 1.29 is 4.79 Å². The van der Waals surface area contributed by atoms with Crippen LogP contribution >= 0.6 is 0 Å². The standard InChI is InChI=1S/C11H13N3O/c12-3-1-7-5-8-2-4-14-10(8)9(6-7)11(13)15/h2,4-6,14H,1,3,12H2,(H2,13,15). The fraction of sp³-hybridized carbons (Fsp3) is 0.182. The monoisotopic (exact) mass is 203 g/mol. The fourth-order valence-electron chi connectivity index (χ4n) is 1.74. The lowest BCUT2D eigenvalue weighted by Crippen LogP contribution is -2.12. The van der Waals surface area contributed by atoms with Crippen molar-refractivity contribution in [3.05, 3.63) is 35.5 Å². The third-order valence-electron chi connectivity index (χ3n) is 2.42. The molecular weight excluding hydrogens is 190 g/mol. The van der Waals surface area contributed by atoms with Crippen molar-refractivity contribution in [2.24, 2.45) is 11.5 Å². The summed E-state index contributed by atoms with van der Waals surface area (Å²) in [6.07, 6.45) is 2.55. The van der Waals surface area contributed by atoms with E-state index in [1.807, 2.05) is 12.1 Å². The van der Waals surface area contributed by atoms with Gasteiger partial charge in [-0.05, 0) is 36.7 Å². The van der Waals surface area contributed by atoms with Crippen LogP contribution in [0.1, 0.15) is 15.9 Å². The molecule has 1 aromatic carbocycles. The van der Waals surface area contributed by atoms with E-state index in [9.17, 15) is 4.79 Å². The van der Waals surface area contributed by atoms with Gasteiger partial charge in [-0.15, -0.1) is 0 Å². The van der Waals surface area contributed by atoms with Crippen LogP contribution in [0.5, 0.6) is 0 Å². The second-order valence-corrected chi connectivity index (χ2v) is 3.49. The molecule has 0 radical (unpaired) electrons. The molecule has 0 bridgehead atoms. The lowest BCUT2D eigenvalue weighted by Gasteiger charge is -2.03. The van der Waals surface area contributed by atoms with Crippen LogP contribution in [0.15, 0.2) is 24.4 Å². The summed E-state index contributed by atoms with van der Waals surface area (Å²) in [4.78, 5) is 14.2. The topological polar surface area (TPSA) is 84.9 Å². The number of hydrogen-bond donors (Lipinski definition) is 3. The number of rotatable bonds is 3. The first-order chi connectivity index (χ1) is 7.22. The molecular formula is C11H13N3O. The van der Waals surface area contributed by atoms with Gasteiger partial charge in [-0.1, -0.05) is 0 Å². The molecule has 1 aromatic heterocycles. The third-order valence-corrected chi connectivity index (χ3v) is 2.42. The Morgan fingerprint density at radius 1 is 1.40 bits per heavy atom. The first kappa shape index (κ1) is 9.73. The highest BCUT2D eigenvalue weighted by Crippen LogP contribution is 2.19. The molecule has 0 fully saturated rings. The largest absolute Gasteiger partial charge is 0.366 e. The summed E-state index contributed by atoms with van der Waals surface area (Å²) in [6.45, 7) is 0.564. The molecule has 15 heavy (non-hydrogen) atoms. The Kier molecular flexibility index (Phi) is 2.43. The van der Waals surface area contributed by atoms with Gasteiger partial charge in [0.15, 0.2) is 0 Å². The van der Waals surface area contributed by atoms with E-state index in [0.717, 1.165) is 22.9 Å². The molecule has 0 aliphatic heterocycles. The first-order valence-corrected chi connectivity index (χ1v) is 4.82. The van der Waals surface area contributed by atoms with Gasteiger partial charge in [0.25, 0.3) is 5.91 Å². The molecule has 4 heteroatoms. The highest BCUT2D eigenvalue weighted by Gasteiger charge is 2.09. The van der Waals surface area contributed by atoms with Crippen molar-refractivity contribution in [2.45, 2.75) is 6.42 Å². The predicted molar refractivity (Wildman–Crippen MR) is 59.6 cm³/mol. The average Bonchev–Trinajstić information content (AvgIpc) is 2.64. The van der Waals surface area contributed by atoms with Gasteiger partial charge in [0.2, 0.25) is 0 Å². The quantitative estimate of drug-likeness (QED) is 0.688. The average molecular weight is 203 g/mol. The summed E-state index contributed by atoms with van der Waals surface area (Å²) in [5, 5.41) is 0.995. The Labute approximate surface area is 87.3 Å². The van der Waals surface area contributed by atoms with Gasteiger partial charge in [0.1, 0.15) is 0 Å². The lowest BCUT2D eigenvalue weighted by atomic mass is 10.0. The van der Waals surface area contributed by atoms with Crippen LogP contribution in [-0.2, 0) is 6.42 Å². The van der Waals surface area contributed by atoms with E-state index in [-0.39, 0.29) is 0 Å². The van der Waals surface area contributed by atoms with Crippen molar-refractivity contribution >= 4 is 16.8 Å². The molecule has 0 saturated carbocycles. The lowest BCUT2D eigenvalue weighted by molar-refractivity contribution is 0.100. The summed E-state index contributed by atoms with van der Waals surface area (Å²) in [5.74, 6) is -0.415. The predicted octanol–water partition coefficient (Wildman–Crippen LogP) is 0.768. The van der Waals surface area contributed by atoms with E-state index in [4.69, 9.17) is 11.5 Å². The summed E-state index contributed by atoms with van der Waals surface area (Å²) in [6, 6.07) is 5.74. The maximum absolute atomic E-state index is 11.2. The molecule has 5 N–H and O–H groups in total. The molecule has 4 nitrogen and oxygen atoms in total. The number of aromatic amines is 1. The van der Waals surface area contributed by atoms with Crippen molar-refractivity contribution in [2.75, 3.05) is 6.54 Å². The van der Waals surface area contributed by atoms with Gasteiger partial charge in [-0.2, -0.15) is 0 Å². The second kappa shape index (κ2) is 3.74. The van der Waals surface area contributed by atoms with Gasteiger partial charge in [-0.3, -0.25) is 4.79 Å². The molecule has 2 rings (SSSR count). The smallest absolute Gasteiger partial charge is 0.250 e. The summed E-state index contributed by atoms with van der Waals surface area (Å²) in [5.41, 5.74) is 13.2. The Morgan fingerprint density at radius 3 is 2.87 bits per heavy atom. The van der Waals surface area contributed by atoms with Crippen molar-refractivity contribution in [3.8, 4) is 0 Å². The van der Waals surface area contributed by atoms with Crippen LogP contribution < -0.4 is 11.5 Å². The number of carbonyl (C=O) groups is 1. The minimum atomic E-state index is -0.415. The molecule has 0 spiro atoms. The van der Waals surface area contributed by atoms with Gasteiger partial charge >= 0.3 is 0 Å². The first-order valence-electron chi connectivity index (χ1n) is 4.82. The molecule has 1 heterocycles. The van der Waals surface area contributed by atoms with Crippen LogP contribution in [-0.4, -0.2) is 17.4 Å². The molecule has 1 amide bonds. The van der Waals surface area contributed by atoms with E-state index >= 15 is 0 Å². The summed E-state index contributed by atoms with van der Waals surface area (Å²) in [7, 11) is 0. The molecule has 0 atom stereocenters. The molecule has 0 aliphatic rings. The zero-order chi connectivity index (χ0) is 10.8. The van der Waals surface area contributed by atoms with E-state index in [2.05, 4.69) is 4.98 Å². The van der Waals surface area contributed by atoms with Crippen LogP contribution in [0, 0.1) is 0 Å². The number of nitrogens with one attached hydrogen (secondary N) is 1. The summed E-state index contributed by atoms with van der Waals surface area (Å²) < 4.78 is 0. The summed E-state index contributed by atoms with van der Waals surface area (Å²) >= 11 is 0. The number of carbonyl (C=O) groups excluding carboxylic acids is 1. The van der Waals surface area contributed by atoms with Gasteiger partial charge < -0.3 is 16.5 Å². The molecule has 2 aromatic rings. The van der Waals surface area contributed by atoms with E-state index in [0.29, 0.717) is 12.1 Å². The zero-order valence-electron chi connectivity index (χ0n) is 8.29. The number of hydrogen-bond acceptors (Lipinski definition) is 2. The normalized spacial score (nSPS) is 10.7. The van der Waals surface area contributed by atoms with Crippen molar-refractivity contribution in [3.63, 3.8) is 0 Å². The number of H-pyrrole nitrogens is 1. The minimum absolute atomic E-state index is 0.415. The van der Waals surface area contributed by atoms with Crippen molar-refractivity contribution in [1.82, 2.24) is 4.98 Å². The van der Waals surface area contributed by atoms with Crippen LogP contribution in [0.3, 0.4) is 0 Å². The number of nitrogens with two attached hydrogens (primary N) is 2. The number of aromatic nitrogens is 1. The third kappa shape index (κ3) is 1.71.